The first-order valence-electron chi connectivity index (χ1n) is 10.0. The smallest absolute Gasteiger partial charge is 0.410 e. The zero-order valence-electron chi connectivity index (χ0n) is 17.5. The summed E-state index contributed by atoms with van der Waals surface area (Å²) in [5, 5.41) is 11.7. The zero-order valence-corrected chi connectivity index (χ0v) is 17.5. The van der Waals surface area contributed by atoms with Gasteiger partial charge in [0.05, 0.1) is 5.92 Å². The van der Waals surface area contributed by atoms with Crippen LogP contribution in [-0.4, -0.2) is 36.0 Å². The van der Waals surface area contributed by atoms with E-state index < -0.39 is 24.3 Å². The summed E-state index contributed by atoms with van der Waals surface area (Å²) in [5.74, 6) is -1.40. The molecule has 0 fully saturated rings. The standard InChI is InChI=1S/C20H37NO6/c1-6-7-8-9-10-15(4)11-17(12-18(22)23)13-21-20(25)27-16(5)26-19(24)14(2)3/h14-17H,6-13H2,1-5H3,(H,21,25)(H,22,23)/t15-,16-,17+/m1/s1. The number of esters is 1. The van der Waals surface area contributed by atoms with E-state index in [9.17, 15) is 14.4 Å². The molecule has 0 unspecified atom stereocenters. The summed E-state index contributed by atoms with van der Waals surface area (Å²) in [7, 11) is 0. The fourth-order valence-corrected chi connectivity index (χ4v) is 2.84. The quantitative estimate of drug-likeness (QED) is 0.261. The van der Waals surface area contributed by atoms with Gasteiger partial charge in [-0.3, -0.25) is 9.59 Å². The fourth-order valence-electron chi connectivity index (χ4n) is 2.84. The van der Waals surface area contributed by atoms with Crippen molar-refractivity contribution in [1.29, 1.82) is 0 Å². The number of carbonyl (C=O) groups is 3. The van der Waals surface area contributed by atoms with Crippen LogP contribution in [0.15, 0.2) is 0 Å². The van der Waals surface area contributed by atoms with Crippen molar-refractivity contribution >= 4 is 18.0 Å². The van der Waals surface area contributed by atoms with Crippen molar-refractivity contribution in [3.8, 4) is 0 Å². The lowest BCUT2D eigenvalue weighted by Gasteiger charge is -2.21. The highest BCUT2D eigenvalue weighted by Crippen LogP contribution is 2.21. The largest absolute Gasteiger partial charge is 0.481 e. The minimum atomic E-state index is -0.990. The van der Waals surface area contributed by atoms with Crippen LogP contribution in [0.25, 0.3) is 0 Å². The van der Waals surface area contributed by atoms with Crippen LogP contribution in [0.5, 0.6) is 0 Å². The third-order valence-electron chi connectivity index (χ3n) is 4.31. The number of carbonyl (C=O) groups excluding carboxylic acids is 2. The summed E-state index contributed by atoms with van der Waals surface area (Å²) in [4.78, 5) is 34.4. The average molecular weight is 388 g/mol. The highest BCUT2D eigenvalue weighted by atomic mass is 16.7. The summed E-state index contributed by atoms with van der Waals surface area (Å²) in [5.41, 5.74) is 0. The third kappa shape index (κ3) is 14.0. The number of unbranched alkanes of at least 4 members (excludes halogenated alkanes) is 3. The highest BCUT2D eigenvalue weighted by Gasteiger charge is 2.20. The molecular formula is C20H37NO6. The van der Waals surface area contributed by atoms with Gasteiger partial charge in [-0.25, -0.2) is 4.79 Å². The second-order valence-corrected chi connectivity index (χ2v) is 7.60. The second kappa shape index (κ2) is 14.3. The van der Waals surface area contributed by atoms with E-state index in [1.165, 1.54) is 26.2 Å². The molecule has 0 radical (unpaired) electrons. The van der Waals surface area contributed by atoms with E-state index in [0.717, 1.165) is 19.3 Å². The van der Waals surface area contributed by atoms with Gasteiger partial charge in [-0.05, 0) is 18.3 Å². The molecule has 0 heterocycles. The summed E-state index contributed by atoms with van der Waals surface area (Å²) in [6.45, 7) is 9.35. The van der Waals surface area contributed by atoms with E-state index in [4.69, 9.17) is 14.6 Å². The minimum Gasteiger partial charge on any atom is -0.481 e. The Bertz CT molecular complexity index is 452. The van der Waals surface area contributed by atoms with Gasteiger partial charge in [0.15, 0.2) is 0 Å². The molecule has 0 aliphatic heterocycles. The van der Waals surface area contributed by atoms with Crippen LogP contribution in [0.2, 0.25) is 0 Å². The van der Waals surface area contributed by atoms with Gasteiger partial charge in [0.1, 0.15) is 0 Å². The number of alkyl carbamates (subject to hydrolysis) is 1. The van der Waals surface area contributed by atoms with Crippen LogP contribution in [0, 0.1) is 17.8 Å². The molecule has 1 amide bonds. The van der Waals surface area contributed by atoms with Crippen molar-refractivity contribution in [2.75, 3.05) is 6.54 Å². The van der Waals surface area contributed by atoms with Crippen molar-refractivity contribution in [2.24, 2.45) is 17.8 Å². The maximum atomic E-state index is 11.9. The van der Waals surface area contributed by atoms with E-state index in [-0.39, 0.29) is 24.8 Å². The van der Waals surface area contributed by atoms with E-state index in [2.05, 4.69) is 19.2 Å². The van der Waals surface area contributed by atoms with Crippen molar-refractivity contribution in [3.05, 3.63) is 0 Å². The molecule has 7 nitrogen and oxygen atoms in total. The van der Waals surface area contributed by atoms with Crippen LogP contribution in [-0.2, 0) is 19.1 Å². The Labute approximate surface area is 163 Å². The van der Waals surface area contributed by atoms with E-state index >= 15 is 0 Å². The number of nitrogens with one attached hydrogen (secondary N) is 1. The molecule has 0 aliphatic carbocycles. The molecule has 0 aromatic heterocycles. The SMILES string of the molecule is CCCCCC[C@@H](C)C[C@H](CNC(=O)O[C@H](C)OC(=O)C(C)C)CC(=O)O. The molecule has 158 valence electrons. The number of rotatable bonds is 14. The predicted octanol–water partition coefficient (Wildman–Crippen LogP) is 4.35. The molecule has 2 N–H and O–H groups in total. The molecule has 3 atom stereocenters. The molecule has 0 aromatic rings. The Morgan fingerprint density at radius 3 is 2.22 bits per heavy atom. The average Bonchev–Trinajstić information content (AvgIpc) is 2.55. The molecule has 7 heteroatoms. The van der Waals surface area contributed by atoms with E-state index in [1.807, 2.05) is 0 Å². The fraction of sp³-hybridized carbons (Fsp3) is 0.850. The van der Waals surface area contributed by atoms with E-state index in [0.29, 0.717) is 5.92 Å². The zero-order chi connectivity index (χ0) is 20.8. The summed E-state index contributed by atoms with van der Waals surface area (Å²) in [6.07, 6.45) is 4.83. The first kappa shape index (κ1) is 25.2. The van der Waals surface area contributed by atoms with Crippen LogP contribution in [0.4, 0.5) is 4.79 Å². The molecule has 0 spiro atoms. The lowest BCUT2D eigenvalue weighted by Crippen LogP contribution is -2.35. The van der Waals surface area contributed by atoms with Crippen LogP contribution >= 0.6 is 0 Å². The predicted molar refractivity (Wildman–Crippen MR) is 103 cm³/mol. The Hall–Kier alpha value is -1.79. The Morgan fingerprint density at radius 2 is 1.67 bits per heavy atom. The second-order valence-electron chi connectivity index (χ2n) is 7.60. The number of hydrogen-bond donors (Lipinski definition) is 2. The molecular weight excluding hydrogens is 350 g/mol. The van der Waals surface area contributed by atoms with Gasteiger partial charge in [0.2, 0.25) is 6.29 Å². The summed E-state index contributed by atoms with van der Waals surface area (Å²) in [6, 6.07) is 0. The molecule has 27 heavy (non-hydrogen) atoms. The van der Waals surface area contributed by atoms with Crippen molar-refractivity contribution < 1.29 is 29.0 Å². The first-order valence-corrected chi connectivity index (χ1v) is 10.0. The van der Waals surface area contributed by atoms with Crippen LogP contribution in [0.1, 0.15) is 79.6 Å². The normalized spacial score (nSPS) is 14.3. The maximum absolute atomic E-state index is 11.9. The van der Waals surface area contributed by atoms with Gasteiger partial charge in [-0.1, -0.05) is 59.8 Å². The van der Waals surface area contributed by atoms with Gasteiger partial charge in [-0.2, -0.15) is 0 Å². The lowest BCUT2D eigenvalue weighted by atomic mass is 9.89. The molecule has 0 saturated heterocycles. The summed E-state index contributed by atoms with van der Waals surface area (Å²) < 4.78 is 9.95. The van der Waals surface area contributed by atoms with Crippen molar-refractivity contribution in [2.45, 2.75) is 85.9 Å². The van der Waals surface area contributed by atoms with Gasteiger partial charge >= 0.3 is 18.0 Å². The Kier molecular flexibility index (Phi) is 13.3. The number of aliphatic carboxylic acids is 1. The monoisotopic (exact) mass is 387 g/mol. The number of amides is 1. The number of carboxylic acids is 1. The molecule has 0 aromatic carbocycles. The third-order valence-corrected chi connectivity index (χ3v) is 4.31. The summed E-state index contributed by atoms with van der Waals surface area (Å²) >= 11 is 0. The Balaban J connectivity index is 4.33. The highest BCUT2D eigenvalue weighted by molar-refractivity contribution is 5.72. The molecule has 0 aliphatic rings. The first-order chi connectivity index (χ1) is 12.6. The van der Waals surface area contributed by atoms with Gasteiger partial charge in [-0.15, -0.1) is 0 Å². The van der Waals surface area contributed by atoms with Crippen molar-refractivity contribution in [3.63, 3.8) is 0 Å². The number of hydrogen-bond acceptors (Lipinski definition) is 5. The number of ether oxygens (including phenoxy) is 2. The van der Waals surface area contributed by atoms with Gasteiger partial charge < -0.3 is 19.9 Å². The van der Waals surface area contributed by atoms with Gasteiger partial charge in [0, 0.05) is 19.9 Å². The maximum Gasteiger partial charge on any atom is 0.410 e. The topological polar surface area (TPSA) is 102 Å². The Morgan fingerprint density at radius 1 is 1.00 bits per heavy atom. The molecule has 0 saturated carbocycles. The molecule has 0 bridgehead atoms. The van der Waals surface area contributed by atoms with Crippen molar-refractivity contribution in [1.82, 2.24) is 5.32 Å². The number of carboxylic acid groups (broad SMARTS) is 1. The van der Waals surface area contributed by atoms with Gasteiger partial charge in [0.25, 0.3) is 0 Å². The lowest BCUT2D eigenvalue weighted by molar-refractivity contribution is -0.168. The van der Waals surface area contributed by atoms with E-state index in [1.54, 1.807) is 13.8 Å². The van der Waals surface area contributed by atoms with Crippen LogP contribution < -0.4 is 5.32 Å². The van der Waals surface area contributed by atoms with Crippen LogP contribution in [0.3, 0.4) is 0 Å². The molecule has 0 rings (SSSR count). The minimum absolute atomic E-state index is 0.00251.